The Hall–Kier alpha value is -2.74. The average Bonchev–Trinajstić information content (AvgIpc) is 3.06. The van der Waals surface area contributed by atoms with Crippen LogP contribution >= 0.6 is 0 Å². The Kier molecular flexibility index (Phi) is 4.07. The van der Waals surface area contributed by atoms with E-state index in [9.17, 15) is 8.42 Å². The smallest absolute Gasteiger partial charge is 0.175 e. The number of hydrogen-bond acceptors (Lipinski definition) is 7. The minimum atomic E-state index is -3.21. The minimum Gasteiger partial charge on any atom is -0.361 e. The van der Waals surface area contributed by atoms with E-state index < -0.39 is 9.84 Å². The first kappa shape index (κ1) is 15.2. The molecule has 2 heterocycles. The van der Waals surface area contributed by atoms with E-state index >= 15 is 0 Å². The van der Waals surface area contributed by atoms with Gasteiger partial charge in [-0.15, -0.1) is 0 Å². The molecule has 2 aromatic heterocycles. The summed E-state index contributed by atoms with van der Waals surface area (Å²) in [5.41, 5.74) is 1.43. The normalized spacial score (nSPS) is 11.3. The number of nitrogens with one attached hydrogen (secondary N) is 1. The highest BCUT2D eigenvalue weighted by molar-refractivity contribution is 7.90. The van der Waals surface area contributed by atoms with E-state index in [0.29, 0.717) is 23.8 Å². The predicted octanol–water partition coefficient (Wildman–Crippen LogP) is 2.15. The van der Waals surface area contributed by atoms with Gasteiger partial charge in [0, 0.05) is 17.9 Å². The molecular formula is C15H14N4O3S. The van der Waals surface area contributed by atoms with E-state index in [1.807, 2.05) is 0 Å². The fourth-order valence-corrected chi connectivity index (χ4v) is 2.60. The first-order valence-corrected chi connectivity index (χ1v) is 8.67. The predicted molar refractivity (Wildman–Crippen MR) is 84.4 cm³/mol. The van der Waals surface area contributed by atoms with Gasteiger partial charge in [0.25, 0.3) is 0 Å². The maximum Gasteiger partial charge on any atom is 0.175 e. The van der Waals surface area contributed by atoms with Crippen LogP contribution in [0.25, 0.3) is 11.3 Å². The summed E-state index contributed by atoms with van der Waals surface area (Å²) in [5, 5.41) is 6.72. The number of nitrogens with zero attached hydrogens (tertiary/aromatic N) is 3. The van der Waals surface area contributed by atoms with Crippen molar-refractivity contribution < 1.29 is 12.9 Å². The van der Waals surface area contributed by atoms with Crippen molar-refractivity contribution in [1.29, 1.82) is 0 Å². The zero-order chi connectivity index (χ0) is 16.3. The van der Waals surface area contributed by atoms with Crippen LogP contribution in [0.5, 0.6) is 0 Å². The van der Waals surface area contributed by atoms with Crippen LogP contribution in [0, 0.1) is 0 Å². The summed E-state index contributed by atoms with van der Waals surface area (Å²) in [7, 11) is -3.21. The Balaban J connectivity index is 1.79. The van der Waals surface area contributed by atoms with E-state index in [0.717, 1.165) is 5.56 Å². The van der Waals surface area contributed by atoms with Gasteiger partial charge in [0.05, 0.1) is 35.7 Å². The van der Waals surface area contributed by atoms with E-state index in [4.69, 9.17) is 4.52 Å². The van der Waals surface area contributed by atoms with Crippen molar-refractivity contribution in [3.8, 4) is 11.3 Å². The topological polar surface area (TPSA) is 98.0 Å². The van der Waals surface area contributed by atoms with Gasteiger partial charge < -0.3 is 9.84 Å². The molecule has 0 aliphatic rings. The molecule has 1 aromatic carbocycles. The second kappa shape index (κ2) is 6.17. The highest BCUT2D eigenvalue weighted by atomic mass is 32.2. The van der Waals surface area contributed by atoms with Gasteiger partial charge in [0.15, 0.2) is 15.6 Å². The van der Waals surface area contributed by atoms with Gasteiger partial charge >= 0.3 is 0 Å². The first-order chi connectivity index (χ1) is 11.0. The minimum absolute atomic E-state index is 0.272. The van der Waals surface area contributed by atoms with Gasteiger partial charge in [-0.3, -0.25) is 4.98 Å². The summed E-state index contributed by atoms with van der Waals surface area (Å²) in [5.74, 6) is 1.28. The molecule has 0 atom stereocenters. The molecule has 8 heteroatoms. The zero-order valence-electron chi connectivity index (χ0n) is 12.3. The molecule has 0 saturated heterocycles. The molecule has 1 N–H and O–H groups in total. The van der Waals surface area contributed by atoms with Crippen LogP contribution in [-0.2, 0) is 16.4 Å². The quantitative estimate of drug-likeness (QED) is 0.765. The van der Waals surface area contributed by atoms with Gasteiger partial charge in [-0.25, -0.2) is 13.4 Å². The monoisotopic (exact) mass is 330 g/mol. The summed E-state index contributed by atoms with van der Waals surface area (Å²) in [6, 6.07) is 8.29. The Labute approximate surface area is 133 Å². The molecule has 0 spiro atoms. The van der Waals surface area contributed by atoms with Gasteiger partial charge in [0.1, 0.15) is 5.82 Å². The molecule has 0 amide bonds. The molecule has 3 rings (SSSR count). The number of rotatable bonds is 5. The Morgan fingerprint density at radius 3 is 2.57 bits per heavy atom. The van der Waals surface area contributed by atoms with Crippen molar-refractivity contribution in [2.45, 2.75) is 11.4 Å². The summed E-state index contributed by atoms with van der Waals surface area (Å²) < 4.78 is 28.0. The standard InChI is InChI=1S/C15H14N4O3S/c1-23(20,21)13-4-2-11(3-5-13)14-9-16-10-15(19-14)17-8-12-6-7-18-22-12/h2-7,9-10H,8H2,1H3,(H,17,19). The van der Waals surface area contributed by atoms with Gasteiger partial charge in [0.2, 0.25) is 0 Å². The number of benzene rings is 1. The SMILES string of the molecule is CS(=O)(=O)c1ccc(-c2cncc(NCc3ccno3)n2)cc1. The van der Waals surface area contributed by atoms with Crippen molar-refractivity contribution in [2.24, 2.45) is 0 Å². The van der Waals surface area contributed by atoms with Crippen LogP contribution in [0.3, 0.4) is 0 Å². The molecule has 3 aromatic rings. The molecular weight excluding hydrogens is 316 g/mol. The average molecular weight is 330 g/mol. The number of hydrogen-bond donors (Lipinski definition) is 1. The Morgan fingerprint density at radius 2 is 1.91 bits per heavy atom. The van der Waals surface area contributed by atoms with Gasteiger partial charge in [-0.2, -0.15) is 0 Å². The second-order valence-corrected chi connectivity index (χ2v) is 6.93. The van der Waals surface area contributed by atoms with Crippen molar-refractivity contribution in [1.82, 2.24) is 15.1 Å². The maximum atomic E-state index is 11.5. The molecule has 0 saturated carbocycles. The van der Waals surface area contributed by atoms with Crippen molar-refractivity contribution in [3.05, 3.63) is 54.7 Å². The largest absolute Gasteiger partial charge is 0.361 e. The summed E-state index contributed by atoms with van der Waals surface area (Å²) >= 11 is 0. The summed E-state index contributed by atoms with van der Waals surface area (Å²) in [4.78, 5) is 8.86. The zero-order valence-corrected chi connectivity index (χ0v) is 13.1. The van der Waals surface area contributed by atoms with Crippen molar-refractivity contribution in [3.63, 3.8) is 0 Å². The lowest BCUT2D eigenvalue weighted by Gasteiger charge is -2.06. The number of aromatic nitrogens is 3. The van der Waals surface area contributed by atoms with Crippen LogP contribution in [0.1, 0.15) is 5.76 Å². The van der Waals surface area contributed by atoms with E-state index in [-0.39, 0.29) is 4.90 Å². The highest BCUT2D eigenvalue weighted by Crippen LogP contribution is 2.20. The fourth-order valence-electron chi connectivity index (χ4n) is 1.97. The molecule has 7 nitrogen and oxygen atoms in total. The second-order valence-electron chi connectivity index (χ2n) is 4.92. The first-order valence-electron chi connectivity index (χ1n) is 6.78. The molecule has 0 bridgehead atoms. The van der Waals surface area contributed by atoms with E-state index in [1.54, 1.807) is 48.9 Å². The van der Waals surface area contributed by atoms with E-state index in [1.165, 1.54) is 6.26 Å². The molecule has 23 heavy (non-hydrogen) atoms. The van der Waals surface area contributed by atoms with Crippen molar-refractivity contribution in [2.75, 3.05) is 11.6 Å². The van der Waals surface area contributed by atoms with Crippen LogP contribution in [-0.4, -0.2) is 29.8 Å². The molecule has 0 unspecified atom stereocenters. The summed E-state index contributed by atoms with van der Waals surface area (Å²) in [6.45, 7) is 0.450. The van der Waals surface area contributed by atoms with Crippen LogP contribution in [0.15, 0.2) is 58.3 Å². The van der Waals surface area contributed by atoms with Crippen molar-refractivity contribution >= 4 is 15.7 Å². The van der Waals surface area contributed by atoms with Gasteiger partial charge in [-0.05, 0) is 12.1 Å². The molecule has 0 fully saturated rings. The lowest BCUT2D eigenvalue weighted by Crippen LogP contribution is -2.02. The van der Waals surface area contributed by atoms with Crippen LogP contribution in [0.2, 0.25) is 0 Å². The lowest BCUT2D eigenvalue weighted by atomic mass is 10.2. The fraction of sp³-hybridized carbons (Fsp3) is 0.133. The lowest BCUT2D eigenvalue weighted by molar-refractivity contribution is 0.388. The third kappa shape index (κ3) is 3.72. The van der Waals surface area contributed by atoms with Gasteiger partial charge in [-0.1, -0.05) is 17.3 Å². The number of sulfone groups is 1. The molecule has 0 aliphatic heterocycles. The van der Waals surface area contributed by atoms with Crippen LogP contribution in [0.4, 0.5) is 5.82 Å². The Morgan fingerprint density at radius 1 is 1.13 bits per heavy atom. The number of anilines is 1. The third-order valence-electron chi connectivity index (χ3n) is 3.15. The highest BCUT2D eigenvalue weighted by Gasteiger charge is 2.08. The van der Waals surface area contributed by atoms with E-state index in [2.05, 4.69) is 20.4 Å². The molecule has 0 radical (unpaired) electrons. The summed E-state index contributed by atoms with van der Waals surface area (Å²) in [6.07, 6.45) is 5.97. The third-order valence-corrected chi connectivity index (χ3v) is 4.28. The maximum absolute atomic E-state index is 11.5. The Bertz CT molecular complexity index is 891. The molecule has 118 valence electrons. The van der Waals surface area contributed by atoms with Crippen LogP contribution < -0.4 is 5.32 Å². The molecule has 0 aliphatic carbocycles.